The number of halogens is 2. The van der Waals surface area contributed by atoms with Crippen molar-refractivity contribution in [3.05, 3.63) is 155 Å². The zero-order valence-corrected chi connectivity index (χ0v) is 54.9. The second-order valence-electron chi connectivity index (χ2n) is 24.0. The number of nitrogens with one attached hydrogen (secondary N) is 11. The summed E-state index contributed by atoms with van der Waals surface area (Å²) in [6, 6.07) is 11.6. The molecule has 0 unspecified atom stereocenters. The lowest BCUT2D eigenvalue weighted by atomic mass is 9.95. The third kappa shape index (κ3) is 18.6. The van der Waals surface area contributed by atoms with Crippen LogP contribution in [0.5, 0.6) is 5.75 Å². The summed E-state index contributed by atoms with van der Waals surface area (Å²) in [7, 11) is 1.49. The highest BCUT2D eigenvalue weighted by molar-refractivity contribution is 7.98. The van der Waals surface area contributed by atoms with E-state index in [9.17, 15) is 47.4 Å². The van der Waals surface area contributed by atoms with E-state index in [2.05, 4.69) is 68.5 Å². The Hall–Kier alpha value is -9.77. The summed E-state index contributed by atoms with van der Waals surface area (Å²) in [5.74, 6) is -7.54. The Bertz CT molecular complexity index is 3980. The number of benzene rings is 4. The van der Waals surface area contributed by atoms with Crippen LogP contribution < -0.4 is 47.3 Å². The van der Waals surface area contributed by atoms with Crippen LogP contribution in [0.1, 0.15) is 80.0 Å². The maximum Gasteiger partial charge on any atom is 0.305 e. The van der Waals surface area contributed by atoms with E-state index in [0.29, 0.717) is 74.8 Å². The minimum absolute atomic E-state index is 0.0662. The molecule has 25 nitrogen and oxygen atoms in total. The van der Waals surface area contributed by atoms with Gasteiger partial charge in [-0.05, 0) is 110 Å². The Morgan fingerprint density at radius 3 is 1.76 bits per heavy atom. The van der Waals surface area contributed by atoms with Gasteiger partial charge >= 0.3 is 5.97 Å². The second kappa shape index (κ2) is 32.6. The first kappa shape index (κ1) is 70.5. The first-order chi connectivity index (χ1) is 46.0. The molecule has 2 aliphatic heterocycles. The topological polar surface area (TPSA) is 360 Å². The number of carboxylic acid groups (broad SMARTS) is 1. The Kier molecular flexibility index (Phi) is 23.9. The number of ether oxygens (including phenoxy) is 1. The smallest absolute Gasteiger partial charge is 0.305 e. The number of hydrogen-bond acceptors (Lipinski definition) is 14. The number of carbonyl (C=O) groups is 10. The molecule has 5 heterocycles. The summed E-state index contributed by atoms with van der Waals surface area (Å²) in [4.78, 5) is 157. The van der Waals surface area contributed by atoms with Gasteiger partial charge in [-0.2, -0.15) is 23.5 Å². The Morgan fingerprint density at radius 1 is 0.635 bits per heavy atom. The van der Waals surface area contributed by atoms with Gasteiger partial charge < -0.3 is 72.2 Å². The van der Waals surface area contributed by atoms with Crippen molar-refractivity contribution in [2.75, 3.05) is 31.7 Å². The summed E-state index contributed by atoms with van der Waals surface area (Å²) < 4.78 is 35.1. The van der Waals surface area contributed by atoms with Gasteiger partial charge in [0.1, 0.15) is 65.2 Å². The van der Waals surface area contributed by atoms with Gasteiger partial charge in [-0.15, -0.1) is 0 Å². The summed E-state index contributed by atoms with van der Waals surface area (Å²) in [5, 5.41) is 32.3. The predicted octanol–water partition coefficient (Wildman–Crippen LogP) is 3.91. The average molecular weight is 1360 g/mol. The van der Waals surface area contributed by atoms with Crippen molar-refractivity contribution in [1.29, 1.82) is 0 Å². The van der Waals surface area contributed by atoms with Crippen molar-refractivity contribution in [1.82, 2.24) is 67.4 Å². The van der Waals surface area contributed by atoms with E-state index in [1.54, 1.807) is 43.0 Å². The van der Waals surface area contributed by atoms with Crippen LogP contribution in [-0.2, 0) is 85.1 Å². The summed E-state index contributed by atoms with van der Waals surface area (Å²) in [6.45, 7) is 4.88. The highest BCUT2D eigenvalue weighted by Gasteiger charge is 2.48. The molecule has 2 aliphatic rings. The number of nitrogens with zero attached hydrogens (tertiary/aromatic N) is 2. The summed E-state index contributed by atoms with van der Waals surface area (Å²) in [6.07, 6.45) is 4.16. The molecular formula is C67H77F2N13O12S2. The molecule has 9 rings (SSSR count). The standard InChI is InChI=1S/C67H77F2N13O12S2/c1-37-59(86)76-38(2)60(87)77-52(25-42-31-72-50-15-11-44(68)27-48(42)50)61(88)78-53(26-43-32-73-51-16-12-45(69)28-49(43)51)62(89)80-55(30-58(84)85)64(91)79-54(29-46-33-70-36-74-46)63(90)81-56(24-39-9-13-47(94-4)14-10-39)65(92)82-20-6-18-67(82,3)66(93)71-19-22-96-35-41-8-5-7-40(23-41)34-95-21-17-57(83)75-37/h5,7-16,23,27-28,31-33,36-38,52-56,72-73H,6,17-22,24-26,29-30,34-35H2,1-4H3,(H,70,74)(H,71,93)(H,75,83)(H,76,86)(H,77,87)(H,78,88)(H,79,91)(H,80,89)(H,81,90)(H,84,85)/t37-,38+,52-,53-,54-,55-,56-,67-/m0/s1. The first-order valence-corrected chi connectivity index (χ1v) is 33.6. The molecule has 0 saturated carbocycles. The number of hydrogen-bond donors (Lipinski definition) is 12. The number of H-pyrrole nitrogens is 3. The molecule has 0 spiro atoms. The van der Waals surface area contributed by atoms with Crippen LogP contribution in [0.4, 0.5) is 8.78 Å². The van der Waals surface area contributed by atoms with E-state index in [0.717, 1.165) is 11.1 Å². The largest absolute Gasteiger partial charge is 0.497 e. The molecule has 29 heteroatoms. The number of methoxy groups -OCH3 is 1. The Balaban J connectivity index is 1.04. The van der Waals surface area contributed by atoms with E-state index < -0.39 is 131 Å². The number of aromatic amines is 3. The van der Waals surface area contributed by atoms with Gasteiger partial charge in [0.25, 0.3) is 0 Å². The molecule has 508 valence electrons. The Labute approximate surface area is 559 Å². The average Bonchev–Trinajstić information content (AvgIpc) is 1.60. The highest BCUT2D eigenvalue weighted by atomic mass is 32.2. The molecule has 3 aromatic heterocycles. The number of aliphatic carboxylic acids is 1. The number of thioether (sulfide) groups is 2. The van der Waals surface area contributed by atoms with Gasteiger partial charge in [-0.3, -0.25) is 47.9 Å². The minimum Gasteiger partial charge on any atom is -0.497 e. The number of aromatic nitrogens is 4. The molecule has 1 saturated heterocycles. The van der Waals surface area contributed by atoms with Gasteiger partial charge in [0.05, 0.1) is 19.9 Å². The van der Waals surface area contributed by atoms with E-state index in [1.165, 1.54) is 98.9 Å². The van der Waals surface area contributed by atoms with Gasteiger partial charge in [0, 0.05) is 114 Å². The number of carbonyl (C=O) groups excluding carboxylic acids is 9. The highest BCUT2D eigenvalue weighted by Crippen LogP contribution is 2.31. The normalized spacial score (nSPS) is 23.3. The lowest BCUT2D eigenvalue weighted by Gasteiger charge is -2.36. The summed E-state index contributed by atoms with van der Waals surface area (Å²) in [5.41, 5.74) is 3.11. The molecule has 9 amide bonds. The zero-order valence-electron chi connectivity index (χ0n) is 53.2. The predicted molar refractivity (Wildman–Crippen MR) is 356 cm³/mol. The fourth-order valence-electron chi connectivity index (χ4n) is 11.6. The number of amides is 9. The number of carboxylic acids is 1. The van der Waals surface area contributed by atoms with Crippen molar-refractivity contribution < 1.29 is 66.6 Å². The third-order valence-electron chi connectivity index (χ3n) is 16.9. The molecule has 1 fully saturated rings. The van der Waals surface area contributed by atoms with Gasteiger partial charge in [-0.25, -0.2) is 13.8 Å². The van der Waals surface area contributed by atoms with Gasteiger partial charge in [0.2, 0.25) is 53.2 Å². The van der Waals surface area contributed by atoms with Crippen molar-refractivity contribution in [3.8, 4) is 5.75 Å². The lowest BCUT2D eigenvalue weighted by molar-refractivity contribution is -0.146. The second-order valence-corrected chi connectivity index (χ2v) is 26.2. The fraction of sp³-hybridized carbons (Fsp3) is 0.388. The molecule has 4 aromatic carbocycles. The van der Waals surface area contributed by atoms with Crippen molar-refractivity contribution in [2.45, 2.75) is 131 Å². The molecule has 8 atom stereocenters. The molecule has 96 heavy (non-hydrogen) atoms. The van der Waals surface area contributed by atoms with Crippen LogP contribution in [0.25, 0.3) is 21.8 Å². The molecule has 12 N–H and O–H groups in total. The van der Waals surface area contributed by atoms with E-state index in [4.69, 9.17) is 4.74 Å². The van der Waals surface area contributed by atoms with Gasteiger partial charge in [0.15, 0.2) is 0 Å². The maximum atomic E-state index is 15.1. The first-order valence-electron chi connectivity index (χ1n) is 31.3. The lowest BCUT2D eigenvalue weighted by Crippen LogP contribution is -2.62. The minimum atomic E-state index is -1.99. The third-order valence-corrected chi connectivity index (χ3v) is 18.9. The molecule has 7 aromatic rings. The van der Waals surface area contributed by atoms with Crippen LogP contribution >= 0.6 is 23.5 Å². The van der Waals surface area contributed by atoms with Crippen molar-refractivity contribution in [2.24, 2.45) is 0 Å². The molecular weight excluding hydrogens is 1280 g/mol. The van der Waals surface area contributed by atoms with Crippen molar-refractivity contribution >= 4 is 104 Å². The zero-order chi connectivity index (χ0) is 68.6. The number of imidazole rings is 1. The molecule has 2 bridgehead atoms. The Morgan fingerprint density at radius 2 is 1.18 bits per heavy atom. The van der Waals surface area contributed by atoms with Crippen molar-refractivity contribution in [3.63, 3.8) is 0 Å². The van der Waals surface area contributed by atoms with E-state index in [-0.39, 0.29) is 49.7 Å². The molecule has 0 radical (unpaired) electrons. The van der Waals surface area contributed by atoms with Crippen LogP contribution in [0.3, 0.4) is 0 Å². The quantitative estimate of drug-likeness (QED) is 0.0874. The SMILES string of the molecule is COc1ccc(C[C@@H]2NC(=O)[C@H](Cc3cnc[nH]3)NC(=O)[C@H](CC(=O)O)NC(=O)[C@H](Cc3c[nH]c4ccc(F)cc34)NC(=O)[C@H](Cc3c[nH]c4ccc(F)cc34)NC(=O)[C@@H](C)NC(=O)[C@H](C)NC(=O)CCSCc3cccc(c3)CSCCNC(=O)[C@]3(C)CCCN3C2=O)cc1. The van der Waals surface area contributed by atoms with Crippen LogP contribution in [0.15, 0.2) is 110 Å². The fourth-order valence-corrected chi connectivity index (χ4v) is 13.3. The summed E-state index contributed by atoms with van der Waals surface area (Å²) >= 11 is 3.12. The van der Waals surface area contributed by atoms with E-state index >= 15 is 14.4 Å². The van der Waals surface area contributed by atoms with Crippen LogP contribution in [0.2, 0.25) is 0 Å². The van der Waals surface area contributed by atoms with E-state index in [1.807, 2.05) is 18.2 Å². The number of fused-ring (bicyclic) bond motifs is 5. The maximum absolute atomic E-state index is 15.1. The van der Waals surface area contributed by atoms with Gasteiger partial charge in [-0.1, -0.05) is 36.4 Å². The molecule has 0 aliphatic carbocycles. The van der Waals surface area contributed by atoms with Crippen LogP contribution in [-0.4, -0.2) is 169 Å². The van der Waals surface area contributed by atoms with Crippen LogP contribution in [0, 0.1) is 11.6 Å². The number of rotatable bonds is 11. The monoisotopic (exact) mass is 1360 g/mol.